The maximum atomic E-state index is 10.5. The number of aryl methyl sites for hydroxylation is 2. The second-order valence-corrected chi connectivity index (χ2v) is 5.03. The first-order valence-corrected chi connectivity index (χ1v) is 6.60. The molecule has 2 heteroatoms. The van der Waals surface area contributed by atoms with Crippen molar-refractivity contribution < 1.29 is 5.11 Å². The van der Waals surface area contributed by atoms with Gasteiger partial charge in [-0.15, -0.1) is 0 Å². The Morgan fingerprint density at radius 2 is 1.74 bits per heavy atom. The van der Waals surface area contributed by atoms with Gasteiger partial charge in [0.05, 0.1) is 0 Å². The summed E-state index contributed by atoms with van der Waals surface area (Å²) in [5, 5.41) is 13.6. The zero-order chi connectivity index (χ0) is 13.8. The molecule has 2 aromatic rings. The molecule has 0 fully saturated rings. The van der Waals surface area contributed by atoms with Crippen molar-refractivity contribution in [3.63, 3.8) is 0 Å². The Labute approximate surface area is 115 Å². The van der Waals surface area contributed by atoms with Gasteiger partial charge in [-0.05, 0) is 43.1 Å². The minimum atomic E-state index is -0.552. The standard InChI is InChI=1S/C17H21NO/c1-12-4-9-16(13(2)10-12)17(19)15-7-5-14(6-8-15)11-18-3/h4-10,17-19H,11H2,1-3H3. The molecule has 1 atom stereocenters. The van der Waals surface area contributed by atoms with Crippen molar-refractivity contribution in [2.24, 2.45) is 0 Å². The molecule has 0 radical (unpaired) electrons. The van der Waals surface area contributed by atoms with Gasteiger partial charge < -0.3 is 10.4 Å². The van der Waals surface area contributed by atoms with Gasteiger partial charge in [-0.3, -0.25) is 0 Å². The molecule has 0 amide bonds. The molecule has 0 bridgehead atoms. The smallest absolute Gasteiger partial charge is 0.104 e. The van der Waals surface area contributed by atoms with Crippen LogP contribution < -0.4 is 5.32 Å². The normalized spacial score (nSPS) is 12.4. The molecule has 2 rings (SSSR count). The van der Waals surface area contributed by atoms with Gasteiger partial charge in [0.1, 0.15) is 6.10 Å². The average Bonchev–Trinajstić information content (AvgIpc) is 2.39. The molecule has 0 aliphatic carbocycles. The molecule has 0 aromatic heterocycles. The first-order chi connectivity index (χ1) is 9.11. The lowest BCUT2D eigenvalue weighted by Crippen LogP contribution is -2.06. The molecule has 0 saturated carbocycles. The summed E-state index contributed by atoms with van der Waals surface area (Å²) >= 11 is 0. The van der Waals surface area contributed by atoms with Gasteiger partial charge in [0, 0.05) is 6.54 Å². The highest BCUT2D eigenvalue weighted by Crippen LogP contribution is 2.25. The predicted molar refractivity (Wildman–Crippen MR) is 79.2 cm³/mol. The molecule has 2 aromatic carbocycles. The topological polar surface area (TPSA) is 32.3 Å². The van der Waals surface area contributed by atoms with Gasteiger partial charge in [0.2, 0.25) is 0 Å². The molecule has 19 heavy (non-hydrogen) atoms. The van der Waals surface area contributed by atoms with Crippen LogP contribution in [0.3, 0.4) is 0 Å². The number of benzene rings is 2. The third-order valence-electron chi connectivity index (χ3n) is 3.40. The van der Waals surface area contributed by atoms with Crippen molar-refractivity contribution in [1.29, 1.82) is 0 Å². The highest BCUT2D eigenvalue weighted by atomic mass is 16.3. The minimum absolute atomic E-state index is 0.552. The summed E-state index contributed by atoms with van der Waals surface area (Å²) in [6.07, 6.45) is -0.552. The van der Waals surface area contributed by atoms with Crippen LogP contribution in [0.15, 0.2) is 42.5 Å². The Bertz CT molecular complexity index is 546. The molecule has 0 aliphatic rings. The minimum Gasteiger partial charge on any atom is -0.384 e. The first kappa shape index (κ1) is 13.8. The van der Waals surface area contributed by atoms with E-state index in [0.717, 1.165) is 23.2 Å². The maximum absolute atomic E-state index is 10.5. The predicted octanol–water partition coefficient (Wildman–Crippen LogP) is 3.10. The van der Waals surface area contributed by atoms with E-state index in [4.69, 9.17) is 0 Å². The van der Waals surface area contributed by atoms with Crippen molar-refractivity contribution in [2.45, 2.75) is 26.5 Å². The van der Waals surface area contributed by atoms with Gasteiger partial charge in [-0.1, -0.05) is 48.0 Å². The largest absolute Gasteiger partial charge is 0.384 e. The summed E-state index contributed by atoms with van der Waals surface area (Å²) in [5.74, 6) is 0. The van der Waals surface area contributed by atoms with Crippen molar-refractivity contribution >= 4 is 0 Å². The maximum Gasteiger partial charge on any atom is 0.104 e. The number of hydrogen-bond donors (Lipinski definition) is 2. The number of rotatable bonds is 4. The number of nitrogens with one attached hydrogen (secondary N) is 1. The number of hydrogen-bond acceptors (Lipinski definition) is 2. The average molecular weight is 255 g/mol. The van der Waals surface area contributed by atoms with Crippen LogP contribution in [0.4, 0.5) is 0 Å². The molecule has 100 valence electrons. The first-order valence-electron chi connectivity index (χ1n) is 6.60. The van der Waals surface area contributed by atoms with Crippen LogP contribution in [0.25, 0.3) is 0 Å². The summed E-state index contributed by atoms with van der Waals surface area (Å²) in [7, 11) is 1.93. The lowest BCUT2D eigenvalue weighted by atomic mass is 9.95. The number of aliphatic hydroxyl groups excluding tert-OH is 1. The van der Waals surface area contributed by atoms with Crippen LogP contribution in [-0.2, 0) is 6.54 Å². The zero-order valence-electron chi connectivity index (χ0n) is 11.8. The van der Waals surface area contributed by atoms with Gasteiger partial charge >= 0.3 is 0 Å². The van der Waals surface area contributed by atoms with Crippen LogP contribution in [0.2, 0.25) is 0 Å². The van der Waals surface area contributed by atoms with Crippen LogP contribution in [0.1, 0.15) is 33.9 Å². The highest BCUT2D eigenvalue weighted by Gasteiger charge is 2.12. The monoisotopic (exact) mass is 255 g/mol. The summed E-state index contributed by atoms with van der Waals surface area (Å²) in [6.45, 7) is 4.95. The lowest BCUT2D eigenvalue weighted by Gasteiger charge is -2.15. The molecule has 1 unspecified atom stereocenters. The molecule has 0 aliphatic heterocycles. The molecule has 0 saturated heterocycles. The molecule has 0 heterocycles. The molecule has 2 N–H and O–H groups in total. The molecule has 2 nitrogen and oxygen atoms in total. The van der Waals surface area contributed by atoms with E-state index in [0.29, 0.717) is 0 Å². The Morgan fingerprint density at radius 3 is 2.32 bits per heavy atom. The van der Waals surface area contributed by atoms with E-state index in [1.54, 1.807) is 0 Å². The van der Waals surface area contributed by atoms with Crippen LogP contribution in [0.5, 0.6) is 0 Å². The van der Waals surface area contributed by atoms with E-state index in [9.17, 15) is 5.11 Å². The van der Waals surface area contributed by atoms with Gasteiger partial charge in [0.15, 0.2) is 0 Å². The van der Waals surface area contributed by atoms with Gasteiger partial charge in [-0.25, -0.2) is 0 Å². The van der Waals surface area contributed by atoms with Crippen molar-refractivity contribution in [3.8, 4) is 0 Å². The van der Waals surface area contributed by atoms with E-state index in [-0.39, 0.29) is 0 Å². The number of aliphatic hydroxyl groups is 1. The van der Waals surface area contributed by atoms with Crippen molar-refractivity contribution in [2.75, 3.05) is 7.05 Å². The summed E-state index contributed by atoms with van der Waals surface area (Å²) in [6, 6.07) is 14.3. The van der Waals surface area contributed by atoms with Crippen LogP contribution >= 0.6 is 0 Å². The van der Waals surface area contributed by atoms with Gasteiger partial charge in [-0.2, -0.15) is 0 Å². The highest BCUT2D eigenvalue weighted by molar-refractivity contribution is 5.38. The summed E-state index contributed by atoms with van der Waals surface area (Å²) in [5.41, 5.74) is 5.49. The Hall–Kier alpha value is -1.64. The third kappa shape index (κ3) is 3.22. The molecule has 0 spiro atoms. The third-order valence-corrected chi connectivity index (χ3v) is 3.40. The van der Waals surface area contributed by atoms with E-state index < -0.39 is 6.10 Å². The Morgan fingerprint density at radius 1 is 1.05 bits per heavy atom. The van der Waals surface area contributed by atoms with Gasteiger partial charge in [0.25, 0.3) is 0 Å². The fraction of sp³-hybridized carbons (Fsp3) is 0.294. The van der Waals surface area contributed by atoms with Crippen molar-refractivity contribution in [1.82, 2.24) is 5.32 Å². The summed E-state index contributed by atoms with van der Waals surface area (Å²) in [4.78, 5) is 0. The quantitative estimate of drug-likeness (QED) is 0.880. The van der Waals surface area contributed by atoms with E-state index in [1.165, 1.54) is 11.1 Å². The SMILES string of the molecule is CNCc1ccc(C(O)c2ccc(C)cc2C)cc1. The lowest BCUT2D eigenvalue weighted by molar-refractivity contribution is 0.219. The zero-order valence-corrected chi connectivity index (χ0v) is 11.8. The van der Waals surface area contributed by atoms with Crippen molar-refractivity contribution in [3.05, 3.63) is 70.3 Å². The molecular formula is C17H21NO. The van der Waals surface area contributed by atoms with E-state index >= 15 is 0 Å². The molecular weight excluding hydrogens is 234 g/mol. The fourth-order valence-electron chi connectivity index (χ4n) is 2.33. The van der Waals surface area contributed by atoms with Crippen LogP contribution in [-0.4, -0.2) is 12.2 Å². The second-order valence-electron chi connectivity index (χ2n) is 5.03. The van der Waals surface area contributed by atoms with Crippen LogP contribution in [0, 0.1) is 13.8 Å². The van der Waals surface area contributed by atoms with E-state index in [2.05, 4.69) is 30.4 Å². The van der Waals surface area contributed by atoms with E-state index in [1.807, 2.05) is 38.2 Å². The second kappa shape index (κ2) is 6.00. The summed E-state index contributed by atoms with van der Waals surface area (Å²) < 4.78 is 0. The fourth-order valence-corrected chi connectivity index (χ4v) is 2.33. The Kier molecular flexibility index (Phi) is 4.35. The Balaban J connectivity index is 2.25.